The highest BCUT2D eigenvalue weighted by Gasteiger charge is 2.14. The molecular weight excluding hydrogens is 276 g/mol. The number of carbonyl (C=O) groups is 1. The lowest BCUT2D eigenvalue weighted by Crippen LogP contribution is -2.15. The zero-order valence-corrected chi connectivity index (χ0v) is 10.2. The van der Waals surface area contributed by atoms with E-state index in [9.17, 15) is 13.6 Å². The van der Waals surface area contributed by atoms with Crippen LogP contribution in [0.3, 0.4) is 0 Å². The number of benzene rings is 1. The number of aromatic nitrogens is 1. The Morgan fingerprint density at radius 1 is 1.32 bits per heavy atom. The summed E-state index contributed by atoms with van der Waals surface area (Å²) in [6, 6.07) is 4.37. The van der Waals surface area contributed by atoms with Crippen LogP contribution in [0.5, 0.6) is 0 Å². The van der Waals surface area contributed by atoms with Crippen molar-refractivity contribution in [2.75, 3.05) is 11.1 Å². The van der Waals surface area contributed by atoms with E-state index in [2.05, 4.69) is 10.3 Å². The highest BCUT2D eigenvalue weighted by Crippen LogP contribution is 2.26. The van der Waals surface area contributed by atoms with Gasteiger partial charge in [0.15, 0.2) is 5.82 Å². The Kier molecular flexibility index (Phi) is 3.62. The molecule has 7 heteroatoms. The van der Waals surface area contributed by atoms with Crippen LogP contribution in [0.1, 0.15) is 10.5 Å². The van der Waals surface area contributed by atoms with E-state index in [-0.39, 0.29) is 16.4 Å². The van der Waals surface area contributed by atoms with Crippen LogP contribution in [0.25, 0.3) is 0 Å². The molecule has 0 unspecified atom stereocenters. The molecule has 1 heterocycles. The molecule has 0 aliphatic carbocycles. The third kappa shape index (κ3) is 2.97. The molecule has 0 saturated heterocycles. The molecule has 3 N–H and O–H groups in total. The first-order chi connectivity index (χ1) is 8.97. The van der Waals surface area contributed by atoms with E-state index in [1.54, 1.807) is 0 Å². The van der Waals surface area contributed by atoms with Gasteiger partial charge in [0, 0.05) is 6.07 Å². The van der Waals surface area contributed by atoms with Gasteiger partial charge in [-0.15, -0.1) is 0 Å². The number of nitrogens with two attached hydrogens (primary N) is 1. The fourth-order valence-corrected chi connectivity index (χ4v) is 1.62. The standard InChI is InChI=1S/C12H8ClF2N3O/c13-8-3-6(14)4-9(15)11(8)18-12(19)10-2-1-7(16)5-17-10/h1-5H,16H2,(H,18,19). The summed E-state index contributed by atoms with van der Waals surface area (Å²) in [5.41, 5.74) is 5.56. The molecule has 2 rings (SSSR count). The Morgan fingerprint density at radius 3 is 2.63 bits per heavy atom. The van der Waals surface area contributed by atoms with Gasteiger partial charge in [0.25, 0.3) is 5.91 Å². The third-order valence-electron chi connectivity index (χ3n) is 2.26. The maximum Gasteiger partial charge on any atom is 0.274 e. The normalized spacial score (nSPS) is 10.3. The second-order valence-electron chi connectivity index (χ2n) is 3.68. The van der Waals surface area contributed by atoms with Gasteiger partial charge in [0.1, 0.15) is 11.5 Å². The summed E-state index contributed by atoms with van der Waals surface area (Å²) in [5.74, 6) is -2.47. The lowest BCUT2D eigenvalue weighted by molar-refractivity contribution is 0.102. The van der Waals surface area contributed by atoms with Crippen molar-refractivity contribution in [3.8, 4) is 0 Å². The van der Waals surface area contributed by atoms with Gasteiger partial charge < -0.3 is 11.1 Å². The number of nitrogen functional groups attached to an aromatic ring is 1. The molecule has 0 fully saturated rings. The molecule has 19 heavy (non-hydrogen) atoms. The first kappa shape index (κ1) is 13.2. The lowest BCUT2D eigenvalue weighted by Gasteiger charge is -2.08. The minimum absolute atomic E-state index is 0.0361. The largest absolute Gasteiger partial charge is 0.397 e. The maximum atomic E-state index is 13.5. The second-order valence-corrected chi connectivity index (χ2v) is 4.08. The number of amides is 1. The third-order valence-corrected chi connectivity index (χ3v) is 2.56. The average Bonchev–Trinajstić information content (AvgIpc) is 2.34. The Hall–Kier alpha value is -2.21. The average molecular weight is 284 g/mol. The number of nitrogens with one attached hydrogen (secondary N) is 1. The van der Waals surface area contributed by atoms with Gasteiger partial charge >= 0.3 is 0 Å². The Bertz CT molecular complexity index is 608. The minimum atomic E-state index is -0.964. The lowest BCUT2D eigenvalue weighted by atomic mass is 10.2. The van der Waals surface area contributed by atoms with Gasteiger partial charge in [-0.25, -0.2) is 13.8 Å². The van der Waals surface area contributed by atoms with E-state index < -0.39 is 17.5 Å². The number of hydrogen-bond donors (Lipinski definition) is 2. The SMILES string of the molecule is Nc1ccc(C(=O)Nc2c(F)cc(F)cc2Cl)nc1. The summed E-state index contributed by atoms with van der Waals surface area (Å²) in [6.45, 7) is 0. The Labute approximate surface area is 112 Å². The van der Waals surface area contributed by atoms with E-state index >= 15 is 0 Å². The van der Waals surface area contributed by atoms with Crippen LogP contribution in [0.2, 0.25) is 5.02 Å². The summed E-state index contributed by atoms with van der Waals surface area (Å²) in [7, 11) is 0. The summed E-state index contributed by atoms with van der Waals surface area (Å²) < 4.78 is 26.3. The number of rotatable bonds is 2. The van der Waals surface area contributed by atoms with Crippen molar-refractivity contribution in [3.05, 3.63) is 52.8 Å². The first-order valence-corrected chi connectivity index (χ1v) is 5.52. The summed E-state index contributed by atoms with van der Waals surface area (Å²) in [6.07, 6.45) is 1.29. The van der Waals surface area contributed by atoms with E-state index in [4.69, 9.17) is 17.3 Å². The molecule has 1 aromatic carbocycles. The summed E-state index contributed by atoms with van der Waals surface area (Å²) in [5, 5.41) is 1.99. The molecular formula is C12H8ClF2N3O. The van der Waals surface area contributed by atoms with E-state index in [0.717, 1.165) is 6.07 Å². The van der Waals surface area contributed by atoms with Gasteiger partial charge in [-0.3, -0.25) is 4.79 Å². The maximum absolute atomic E-state index is 13.5. The summed E-state index contributed by atoms with van der Waals surface area (Å²) >= 11 is 5.66. The zero-order chi connectivity index (χ0) is 14.0. The summed E-state index contributed by atoms with van der Waals surface area (Å²) in [4.78, 5) is 15.6. The number of hydrogen-bond acceptors (Lipinski definition) is 3. The van der Waals surface area contributed by atoms with Crippen LogP contribution >= 0.6 is 11.6 Å². The van der Waals surface area contributed by atoms with Crippen LogP contribution in [0.15, 0.2) is 30.5 Å². The molecule has 0 aliphatic heterocycles. The molecule has 98 valence electrons. The molecule has 2 aromatic rings. The van der Waals surface area contributed by atoms with Crippen LogP contribution in [0.4, 0.5) is 20.2 Å². The number of carbonyl (C=O) groups excluding carboxylic acids is 1. The van der Waals surface area contributed by atoms with Gasteiger partial charge in [-0.2, -0.15) is 0 Å². The predicted molar refractivity (Wildman–Crippen MR) is 68.0 cm³/mol. The van der Waals surface area contributed by atoms with Crippen LogP contribution in [0, 0.1) is 11.6 Å². The van der Waals surface area contributed by atoms with E-state index in [1.165, 1.54) is 18.3 Å². The van der Waals surface area contributed by atoms with Crippen molar-refractivity contribution < 1.29 is 13.6 Å². The Morgan fingerprint density at radius 2 is 2.05 bits per heavy atom. The van der Waals surface area contributed by atoms with Gasteiger partial charge in [0.2, 0.25) is 0 Å². The van der Waals surface area contributed by atoms with Crippen molar-refractivity contribution in [1.29, 1.82) is 0 Å². The number of anilines is 2. The van der Waals surface area contributed by atoms with Crippen LogP contribution in [-0.4, -0.2) is 10.9 Å². The van der Waals surface area contributed by atoms with Crippen molar-refractivity contribution in [3.63, 3.8) is 0 Å². The predicted octanol–water partition coefficient (Wildman–Crippen LogP) is 2.85. The van der Waals surface area contributed by atoms with E-state index in [1.807, 2.05) is 0 Å². The van der Waals surface area contributed by atoms with Crippen molar-refractivity contribution in [1.82, 2.24) is 4.98 Å². The molecule has 1 amide bonds. The molecule has 0 spiro atoms. The smallest absolute Gasteiger partial charge is 0.274 e. The van der Waals surface area contributed by atoms with Crippen molar-refractivity contribution in [2.24, 2.45) is 0 Å². The molecule has 0 bridgehead atoms. The number of nitrogens with zero attached hydrogens (tertiary/aromatic N) is 1. The van der Waals surface area contributed by atoms with Crippen LogP contribution < -0.4 is 11.1 Å². The highest BCUT2D eigenvalue weighted by atomic mass is 35.5. The molecule has 0 radical (unpaired) electrons. The topological polar surface area (TPSA) is 68.0 Å². The number of pyridine rings is 1. The van der Waals surface area contributed by atoms with Gasteiger partial charge in [-0.1, -0.05) is 11.6 Å². The van der Waals surface area contributed by atoms with Gasteiger partial charge in [-0.05, 0) is 18.2 Å². The second kappa shape index (κ2) is 5.19. The molecule has 0 atom stereocenters. The highest BCUT2D eigenvalue weighted by molar-refractivity contribution is 6.33. The monoisotopic (exact) mass is 283 g/mol. The van der Waals surface area contributed by atoms with Crippen molar-refractivity contribution >= 4 is 28.9 Å². The zero-order valence-electron chi connectivity index (χ0n) is 9.45. The van der Waals surface area contributed by atoms with Gasteiger partial charge in [0.05, 0.1) is 22.6 Å². The Balaban J connectivity index is 2.26. The number of halogens is 3. The quantitative estimate of drug-likeness (QED) is 0.890. The molecule has 0 saturated carbocycles. The molecule has 4 nitrogen and oxygen atoms in total. The van der Waals surface area contributed by atoms with E-state index in [0.29, 0.717) is 11.8 Å². The van der Waals surface area contributed by atoms with Crippen molar-refractivity contribution in [2.45, 2.75) is 0 Å². The minimum Gasteiger partial charge on any atom is -0.397 e. The fraction of sp³-hybridized carbons (Fsp3) is 0. The fourth-order valence-electron chi connectivity index (χ4n) is 1.38. The van der Waals surface area contributed by atoms with Crippen LogP contribution in [-0.2, 0) is 0 Å². The first-order valence-electron chi connectivity index (χ1n) is 5.15. The molecule has 0 aliphatic rings. The molecule has 1 aromatic heterocycles.